The number of halogens is 1. The van der Waals surface area contributed by atoms with Gasteiger partial charge >= 0.3 is 0 Å². The first kappa shape index (κ1) is 15.5. The van der Waals surface area contributed by atoms with E-state index in [1.807, 2.05) is 0 Å². The molecule has 1 amide bonds. The number of amides is 1. The molecule has 3 heterocycles. The van der Waals surface area contributed by atoms with Gasteiger partial charge in [-0.3, -0.25) is 4.79 Å². The molecule has 1 aromatic carbocycles. The number of benzene rings is 1. The van der Waals surface area contributed by atoms with Crippen LogP contribution >= 0.6 is 0 Å². The third-order valence-corrected chi connectivity index (χ3v) is 4.25. The molecule has 1 aliphatic heterocycles. The van der Waals surface area contributed by atoms with E-state index < -0.39 is 5.82 Å². The van der Waals surface area contributed by atoms with Gasteiger partial charge in [0, 0.05) is 6.54 Å². The van der Waals surface area contributed by atoms with Crippen molar-refractivity contribution in [3.63, 3.8) is 0 Å². The van der Waals surface area contributed by atoms with Crippen molar-refractivity contribution in [1.82, 2.24) is 20.1 Å². The molecular formula is C17H15FN4O3. The molecule has 25 heavy (non-hydrogen) atoms. The van der Waals surface area contributed by atoms with Crippen molar-refractivity contribution in [1.29, 1.82) is 0 Å². The van der Waals surface area contributed by atoms with Crippen molar-refractivity contribution in [3.05, 3.63) is 54.3 Å². The molecule has 2 aromatic heterocycles. The van der Waals surface area contributed by atoms with Crippen LogP contribution in [0.25, 0.3) is 11.5 Å². The number of rotatable bonds is 3. The molecule has 128 valence electrons. The predicted octanol–water partition coefficient (Wildman–Crippen LogP) is 3.23. The highest BCUT2D eigenvalue weighted by atomic mass is 19.1. The number of carbonyl (C=O) groups is 1. The molecule has 7 nitrogen and oxygen atoms in total. The van der Waals surface area contributed by atoms with Crippen LogP contribution in [0.2, 0.25) is 0 Å². The number of nitrogens with zero attached hydrogens (tertiary/aromatic N) is 4. The zero-order valence-electron chi connectivity index (χ0n) is 13.3. The molecule has 0 spiro atoms. The second-order valence-electron chi connectivity index (χ2n) is 5.81. The Bertz CT molecular complexity index is 878. The first-order valence-electron chi connectivity index (χ1n) is 8.01. The second kappa shape index (κ2) is 6.46. The van der Waals surface area contributed by atoms with E-state index in [9.17, 15) is 9.18 Å². The van der Waals surface area contributed by atoms with Crippen molar-refractivity contribution in [3.8, 4) is 11.5 Å². The van der Waals surface area contributed by atoms with Gasteiger partial charge in [-0.25, -0.2) is 9.37 Å². The summed E-state index contributed by atoms with van der Waals surface area (Å²) in [6.45, 7) is 0.563. The third kappa shape index (κ3) is 2.90. The van der Waals surface area contributed by atoms with Gasteiger partial charge in [0.25, 0.3) is 11.8 Å². The molecule has 8 heteroatoms. The van der Waals surface area contributed by atoms with Crippen LogP contribution in [0.4, 0.5) is 4.39 Å². The Morgan fingerprint density at radius 2 is 2.12 bits per heavy atom. The maximum absolute atomic E-state index is 13.9. The fourth-order valence-electron chi connectivity index (χ4n) is 3.01. The molecule has 4 rings (SSSR count). The Kier molecular flexibility index (Phi) is 4.01. The zero-order chi connectivity index (χ0) is 17.2. The van der Waals surface area contributed by atoms with E-state index in [4.69, 9.17) is 8.83 Å². The van der Waals surface area contributed by atoms with Gasteiger partial charge in [-0.2, -0.15) is 0 Å². The minimum atomic E-state index is -0.433. The molecule has 0 bridgehead atoms. The summed E-state index contributed by atoms with van der Waals surface area (Å²) in [4.78, 5) is 18.2. The van der Waals surface area contributed by atoms with Crippen LogP contribution in [-0.4, -0.2) is 32.5 Å². The van der Waals surface area contributed by atoms with Crippen LogP contribution in [0.5, 0.6) is 0 Å². The normalized spacial score (nSPS) is 17.6. The molecule has 1 aliphatic rings. The summed E-state index contributed by atoms with van der Waals surface area (Å²) >= 11 is 0. The molecule has 0 aliphatic carbocycles. The van der Waals surface area contributed by atoms with E-state index in [0.29, 0.717) is 18.9 Å². The van der Waals surface area contributed by atoms with E-state index in [0.717, 1.165) is 12.8 Å². The number of likely N-dealkylation sites (tertiary alicyclic amines) is 1. The summed E-state index contributed by atoms with van der Waals surface area (Å²) in [5.74, 6) is -0.275. The fourth-order valence-corrected chi connectivity index (χ4v) is 3.01. The molecule has 0 saturated carbocycles. The molecule has 1 fully saturated rings. The summed E-state index contributed by atoms with van der Waals surface area (Å²) in [6.07, 6.45) is 5.04. The molecule has 0 N–H and O–H groups in total. The lowest BCUT2D eigenvalue weighted by Crippen LogP contribution is -2.38. The van der Waals surface area contributed by atoms with Gasteiger partial charge in [-0.1, -0.05) is 12.1 Å². The Balaban J connectivity index is 1.63. The van der Waals surface area contributed by atoms with Gasteiger partial charge in [-0.05, 0) is 31.4 Å². The van der Waals surface area contributed by atoms with E-state index >= 15 is 0 Å². The number of carbonyl (C=O) groups excluding carboxylic acids is 1. The van der Waals surface area contributed by atoms with Crippen molar-refractivity contribution in [2.75, 3.05) is 6.54 Å². The summed E-state index contributed by atoms with van der Waals surface area (Å²) in [6, 6.07) is 5.84. The number of aromatic nitrogens is 3. The fraction of sp³-hybridized carbons (Fsp3) is 0.294. The molecule has 1 atom stereocenters. The quantitative estimate of drug-likeness (QED) is 0.726. The maximum Gasteiger partial charge on any atom is 0.276 e. The van der Waals surface area contributed by atoms with Crippen LogP contribution in [0.3, 0.4) is 0 Å². The standard InChI is InChI=1S/C17H15FN4O3/c18-12-6-2-1-5-11(12)15-20-21-16(25-15)14-7-3-4-8-22(14)17(23)13-9-24-10-19-13/h1-2,5-6,9-10,14H,3-4,7-8H2/t14-/m1/s1. The van der Waals surface area contributed by atoms with E-state index in [-0.39, 0.29) is 29.1 Å². The van der Waals surface area contributed by atoms with Crippen LogP contribution in [-0.2, 0) is 0 Å². The SMILES string of the molecule is O=C(c1cocn1)N1CCCC[C@@H]1c1nnc(-c2ccccc2F)o1. The van der Waals surface area contributed by atoms with Crippen molar-refractivity contribution in [2.24, 2.45) is 0 Å². The number of hydrogen-bond donors (Lipinski definition) is 0. The van der Waals surface area contributed by atoms with Gasteiger partial charge in [-0.15, -0.1) is 10.2 Å². The topological polar surface area (TPSA) is 85.3 Å². The molecular weight excluding hydrogens is 327 g/mol. The smallest absolute Gasteiger partial charge is 0.276 e. The van der Waals surface area contributed by atoms with Crippen molar-refractivity contribution in [2.45, 2.75) is 25.3 Å². The minimum Gasteiger partial charge on any atom is -0.451 e. The van der Waals surface area contributed by atoms with Crippen molar-refractivity contribution >= 4 is 5.91 Å². The Hall–Kier alpha value is -3.03. The lowest BCUT2D eigenvalue weighted by atomic mass is 10.0. The zero-order valence-corrected chi connectivity index (χ0v) is 13.3. The highest BCUT2D eigenvalue weighted by Crippen LogP contribution is 2.33. The molecule has 3 aromatic rings. The average Bonchev–Trinajstić information content (AvgIpc) is 3.34. The number of hydrogen-bond acceptors (Lipinski definition) is 6. The van der Waals surface area contributed by atoms with Crippen molar-refractivity contribution < 1.29 is 18.0 Å². The van der Waals surface area contributed by atoms with Gasteiger partial charge < -0.3 is 13.7 Å². The summed E-state index contributed by atoms with van der Waals surface area (Å²) in [5.41, 5.74) is 0.479. The van der Waals surface area contributed by atoms with Crippen LogP contribution in [0.1, 0.15) is 41.7 Å². The summed E-state index contributed by atoms with van der Waals surface area (Å²) < 4.78 is 24.5. The second-order valence-corrected chi connectivity index (χ2v) is 5.81. The van der Waals surface area contributed by atoms with E-state index in [1.165, 1.54) is 18.7 Å². The lowest BCUT2D eigenvalue weighted by molar-refractivity contribution is 0.0566. The average molecular weight is 342 g/mol. The molecule has 0 radical (unpaired) electrons. The Morgan fingerprint density at radius 1 is 1.24 bits per heavy atom. The van der Waals surface area contributed by atoms with Gasteiger partial charge in [0.1, 0.15) is 18.1 Å². The highest BCUT2D eigenvalue weighted by Gasteiger charge is 2.33. The van der Waals surface area contributed by atoms with E-state index in [1.54, 1.807) is 23.1 Å². The Labute approximate surface area is 142 Å². The predicted molar refractivity (Wildman–Crippen MR) is 83.8 cm³/mol. The summed E-state index contributed by atoms with van der Waals surface area (Å²) in [5, 5.41) is 8.00. The minimum absolute atomic E-state index is 0.104. The van der Waals surface area contributed by atoms with Gasteiger partial charge in [0.05, 0.1) is 5.56 Å². The number of oxazole rings is 1. The monoisotopic (exact) mass is 342 g/mol. The van der Waals surface area contributed by atoms with Gasteiger partial charge in [0.2, 0.25) is 5.89 Å². The third-order valence-electron chi connectivity index (χ3n) is 4.25. The highest BCUT2D eigenvalue weighted by molar-refractivity contribution is 5.92. The van der Waals surface area contributed by atoms with Crippen LogP contribution in [0.15, 0.2) is 45.8 Å². The molecule has 1 saturated heterocycles. The maximum atomic E-state index is 13.9. The van der Waals surface area contributed by atoms with Gasteiger partial charge in [0.15, 0.2) is 12.1 Å². The van der Waals surface area contributed by atoms with Crippen LogP contribution in [0, 0.1) is 5.82 Å². The first-order valence-corrected chi connectivity index (χ1v) is 8.01. The Morgan fingerprint density at radius 3 is 2.92 bits per heavy atom. The lowest BCUT2D eigenvalue weighted by Gasteiger charge is -2.32. The molecule has 0 unspecified atom stereocenters. The number of piperidine rings is 1. The summed E-state index contributed by atoms with van der Waals surface area (Å²) in [7, 11) is 0. The van der Waals surface area contributed by atoms with Crippen LogP contribution < -0.4 is 0 Å². The van der Waals surface area contributed by atoms with E-state index in [2.05, 4.69) is 15.2 Å². The largest absolute Gasteiger partial charge is 0.451 e. The first-order chi connectivity index (χ1) is 12.2.